The standard InChI is InChI=1S/C26H31N3O2/c1-19(25(30)27-15-7-10-20-8-3-2-4-9-20)21-13-16-29(17-14-21)26(31)24-18-22-11-5-6-12-23(22)28-24/h2-6,8-9,11-12,18-19,21,28H,7,10,13-17H2,1H3,(H,27,30)/t19-/m0/s1. The Hall–Kier alpha value is -3.08. The van der Waals surface area contributed by atoms with Crippen molar-refractivity contribution >= 4 is 22.7 Å². The van der Waals surface area contributed by atoms with Crippen molar-refractivity contribution in [2.45, 2.75) is 32.6 Å². The van der Waals surface area contributed by atoms with Gasteiger partial charge in [0, 0.05) is 36.5 Å². The smallest absolute Gasteiger partial charge is 0.270 e. The third kappa shape index (κ3) is 5.16. The highest BCUT2D eigenvalue weighted by molar-refractivity contribution is 5.98. The summed E-state index contributed by atoms with van der Waals surface area (Å²) < 4.78 is 0. The fourth-order valence-corrected chi connectivity index (χ4v) is 4.49. The topological polar surface area (TPSA) is 65.2 Å². The zero-order valence-corrected chi connectivity index (χ0v) is 18.1. The maximum absolute atomic E-state index is 12.9. The second kappa shape index (κ2) is 9.82. The molecule has 1 aliphatic rings. The molecule has 1 aromatic heterocycles. The molecule has 1 saturated heterocycles. The van der Waals surface area contributed by atoms with Crippen LogP contribution in [0.2, 0.25) is 0 Å². The van der Waals surface area contributed by atoms with Gasteiger partial charge in [-0.25, -0.2) is 0 Å². The number of hydrogen-bond acceptors (Lipinski definition) is 2. The molecule has 0 spiro atoms. The molecule has 31 heavy (non-hydrogen) atoms. The number of aromatic amines is 1. The van der Waals surface area contributed by atoms with Gasteiger partial charge in [0.1, 0.15) is 5.69 Å². The summed E-state index contributed by atoms with van der Waals surface area (Å²) in [6.07, 6.45) is 3.65. The third-order valence-electron chi connectivity index (χ3n) is 6.49. The first-order valence-electron chi connectivity index (χ1n) is 11.3. The number of fused-ring (bicyclic) bond motifs is 1. The molecule has 0 unspecified atom stereocenters. The Morgan fingerprint density at radius 1 is 1.06 bits per heavy atom. The van der Waals surface area contributed by atoms with E-state index in [1.807, 2.05) is 60.4 Å². The molecule has 1 aliphatic heterocycles. The fourth-order valence-electron chi connectivity index (χ4n) is 4.49. The number of carbonyl (C=O) groups excluding carboxylic acids is 2. The minimum absolute atomic E-state index is 0.0259. The number of para-hydroxylation sites is 1. The van der Waals surface area contributed by atoms with E-state index in [1.54, 1.807) is 0 Å². The number of rotatable bonds is 7. The van der Waals surface area contributed by atoms with Gasteiger partial charge in [-0.2, -0.15) is 0 Å². The highest BCUT2D eigenvalue weighted by atomic mass is 16.2. The monoisotopic (exact) mass is 417 g/mol. The Morgan fingerprint density at radius 3 is 2.52 bits per heavy atom. The molecule has 4 rings (SSSR count). The van der Waals surface area contributed by atoms with Crippen LogP contribution in [-0.4, -0.2) is 41.3 Å². The Balaban J connectivity index is 1.22. The molecule has 5 heteroatoms. The lowest BCUT2D eigenvalue weighted by molar-refractivity contribution is -0.126. The Kier molecular flexibility index (Phi) is 6.70. The number of hydrogen-bond donors (Lipinski definition) is 2. The number of likely N-dealkylation sites (tertiary alicyclic amines) is 1. The highest BCUT2D eigenvalue weighted by Crippen LogP contribution is 2.26. The largest absolute Gasteiger partial charge is 0.356 e. The summed E-state index contributed by atoms with van der Waals surface area (Å²) in [7, 11) is 0. The van der Waals surface area contributed by atoms with E-state index < -0.39 is 0 Å². The van der Waals surface area contributed by atoms with Gasteiger partial charge in [-0.15, -0.1) is 0 Å². The van der Waals surface area contributed by atoms with Gasteiger partial charge in [0.05, 0.1) is 0 Å². The van der Waals surface area contributed by atoms with Gasteiger partial charge < -0.3 is 15.2 Å². The van der Waals surface area contributed by atoms with Crippen LogP contribution in [0.15, 0.2) is 60.7 Å². The summed E-state index contributed by atoms with van der Waals surface area (Å²) in [5, 5.41) is 4.15. The summed E-state index contributed by atoms with van der Waals surface area (Å²) in [6.45, 7) is 4.12. The first-order valence-corrected chi connectivity index (χ1v) is 11.3. The molecular formula is C26H31N3O2. The van der Waals surface area contributed by atoms with Crippen molar-refractivity contribution in [2.24, 2.45) is 11.8 Å². The predicted molar refractivity (Wildman–Crippen MR) is 124 cm³/mol. The highest BCUT2D eigenvalue weighted by Gasteiger charge is 2.30. The van der Waals surface area contributed by atoms with Crippen LogP contribution in [0, 0.1) is 11.8 Å². The molecular weight excluding hydrogens is 386 g/mol. The molecule has 0 aliphatic carbocycles. The predicted octanol–water partition coefficient (Wildman–Crippen LogP) is 4.41. The normalized spacial score (nSPS) is 15.7. The Labute approximate surface area is 183 Å². The molecule has 2 aromatic carbocycles. The summed E-state index contributed by atoms with van der Waals surface area (Å²) in [5.41, 5.74) is 2.93. The molecule has 1 fully saturated rings. The lowest BCUT2D eigenvalue weighted by Crippen LogP contribution is -2.43. The van der Waals surface area contributed by atoms with Gasteiger partial charge in [0.2, 0.25) is 5.91 Å². The van der Waals surface area contributed by atoms with Crippen molar-refractivity contribution in [2.75, 3.05) is 19.6 Å². The van der Waals surface area contributed by atoms with E-state index >= 15 is 0 Å². The van der Waals surface area contributed by atoms with Crippen molar-refractivity contribution in [3.8, 4) is 0 Å². The van der Waals surface area contributed by atoms with Crippen molar-refractivity contribution in [3.63, 3.8) is 0 Å². The second-order valence-corrected chi connectivity index (χ2v) is 8.57. The molecule has 0 saturated carbocycles. The first-order chi connectivity index (χ1) is 15.1. The lowest BCUT2D eigenvalue weighted by Gasteiger charge is -2.34. The molecule has 162 valence electrons. The zero-order chi connectivity index (χ0) is 21.6. The average Bonchev–Trinajstić information content (AvgIpc) is 3.26. The summed E-state index contributed by atoms with van der Waals surface area (Å²) in [6, 6.07) is 20.2. The van der Waals surface area contributed by atoms with E-state index in [-0.39, 0.29) is 17.7 Å². The second-order valence-electron chi connectivity index (χ2n) is 8.57. The van der Waals surface area contributed by atoms with Crippen molar-refractivity contribution < 1.29 is 9.59 Å². The number of amides is 2. The van der Waals surface area contributed by atoms with Crippen LogP contribution < -0.4 is 5.32 Å². The molecule has 3 aromatic rings. The van der Waals surface area contributed by atoms with Crippen LogP contribution in [0.4, 0.5) is 0 Å². The van der Waals surface area contributed by atoms with E-state index in [2.05, 4.69) is 22.4 Å². The number of aryl methyl sites for hydroxylation is 1. The van der Waals surface area contributed by atoms with Crippen LogP contribution in [0.25, 0.3) is 10.9 Å². The summed E-state index contributed by atoms with van der Waals surface area (Å²) in [5.74, 6) is 0.476. The zero-order valence-electron chi connectivity index (χ0n) is 18.1. The van der Waals surface area contributed by atoms with E-state index in [4.69, 9.17) is 0 Å². The van der Waals surface area contributed by atoms with Crippen molar-refractivity contribution in [1.29, 1.82) is 0 Å². The van der Waals surface area contributed by atoms with Crippen LogP contribution in [0.1, 0.15) is 42.2 Å². The fraction of sp³-hybridized carbons (Fsp3) is 0.385. The van der Waals surface area contributed by atoms with Gasteiger partial charge in [-0.1, -0.05) is 55.5 Å². The Morgan fingerprint density at radius 2 is 1.77 bits per heavy atom. The number of carbonyl (C=O) groups is 2. The SMILES string of the molecule is C[C@H](C(=O)NCCCc1ccccc1)C1CCN(C(=O)c2cc3ccccc3[nH]2)CC1. The van der Waals surface area contributed by atoms with Crippen LogP contribution in [-0.2, 0) is 11.2 Å². The maximum Gasteiger partial charge on any atom is 0.270 e. The number of nitrogens with zero attached hydrogens (tertiary/aromatic N) is 1. The molecule has 0 bridgehead atoms. The molecule has 5 nitrogen and oxygen atoms in total. The molecule has 1 atom stereocenters. The minimum Gasteiger partial charge on any atom is -0.356 e. The van der Waals surface area contributed by atoms with E-state index in [0.29, 0.717) is 31.2 Å². The van der Waals surface area contributed by atoms with Crippen LogP contribution in [0.3, 0.4) is 0 Å². The van der Waals surface area contributed by atoms with E-state index in [0.717, 1.165) is 36.6 Å². The molecule has 2 N–H and O–H groups in total. The number of piperidine rings is 1. The average molecular weight is 418 g/mol. The Bertz CT molecular complexity index is 986. The van der Waals surface area contributed by atoms with Gasteiger partial charge in [0.15, 0.2) is 0 Å². The summed E-state index contributed by atoms with van der Waals surface area (Å²) in [4.78, 5) is 30.6. The lowest BCUT2D eigenvalue weighted by atomic mass is 9.84. The number of benzene rings is 2. The quantitative estimate of drug-likeness (QED) is 0.560. The molecule has 2 amide bonds. The number of nitrogens with one attached hydrogen (secondary N) is 2. The summed E-state index contributed by atoms with van der Waals surface area (Å²) >= 11 is 0. The van der Waals surface area contributed by atoms with E-state index in [1.165, 1.54) is 5.56 Å². The van der Waals surface area contributed by atoms with Gasteiger partial charge in [-0.05, 0) is 49.3 Å². The van der Waals surface area contributed by atoms with Crippen molar-refractivity contribution in [3.05, 3.63) is 71.9 Å². The molecule has 0 radical (unpaired) electrons. The van der Waals surface area contributed by atoms with Gasteiger partial charge in [0.25, 0.3) is 5.91 Å². The first kappa shape index (κ1) is 21.2. The number of aromatic nitrogens is 1. The van der Waals surface area contributed by atoms with Crippen LogP contribution >= 0.6 is 0 Å². The van der Waals surface area contributed by atoms with Gasteiger partial charge in [-0.3, -0.25) is 9.59 Å². The van der Waals surface area contributed by atoms with Gasteiger partial charge >= 0.3 is 0 Å². The number of H-pyrrole nitrogens is 1. The molecule has 2 heterocycles. The van der Waals surface area contributed by atoms with Crippen LogP contribution in [0.5, 0.6) is 0 Å². The van der Waals surface area contributed by atoms with E-state index in [9.17, 15) is 9.59 Å². The third-order valence-corrected chi connectivity index (χ3v) is 6.49. The minimum atomic E-state index is -0.0259. The van der Waals surface area contributed by atoms with Crippen molar-refractivity contribution in [1.82, 2.24) is 15.2 Å². The maximum atomic E-state index is 12.9.